The minimum Gasteiger partial charge on any atom is -0.322 e. The normalized spacial score (nSPS) is 10.3. The number of carbonyl (C=O) groups excluding carboxylic acids is 1. The van der Waals surface area contributed by atoms with Gasteiger partial charge in [-0.15, -0.1) is 0 Å². The van der Waals surface area contributed by atoms with Crippen LogP contribution in [-0.4, -0.2) is 5.91 Å². The van der Waals surface area contributed by atoms with Crippen molar-refractivity contribution >= 4 is 39.1 Å². The maximum Gasteiger partial charge on any atom is 0.256 e. The van der Waals surface area contributed by atoms with E-state index in [1.165, 1.54) is 6.07 Å². The molecule has 0 saturated heterocycles. The number of benzene rings is 2. The fourth-order valence-electron chi connectivity index (χ4n) is 1.50. The van der Waals surface area contributed by atoms with E-state index in [-0.39, 0.29) is 5.69 Å². The van der Waals surface area contributed by atoms with Gasteiger partial charge in [0.05, 0.1) is 5.56 Å². The maximum absolute atomic E-state index is 13.0. The zero-order chi connectivity index (χ0) is 14.0. The third kappa shape index (κ3) is 3.52. The molecule has 0 bridgehead atoms. The predicted octanol–water partition coefficient (Wildman–Crippen LogP) is 4.63. The minimum atomic E-state index is -0.759. The molecule has 0 spiro atoms. The fourth-order valence-corrected chi connectivity index (χ4v) is 2.36. The first-order valence-corrected chi connectivity index (χ1v) is 6.35. The lowest BCUT2D eigenvalue weighted by Crippen LogP contribution is -2.12. The van der Waals surface area contributed by atoms with Gasteiger partial charge < -0.3 is 5.32 Å². The summed E-state index contributed by atoms with van der Waals surface area (Å²) in [6.07, 6.45) is 0. The van der Waals surface area contributed by atoms with Crippen molar-refractivity contribution in [1.82, 2.24) is 0 Å². The number of hydrogen-bond donors (Lipinski definition) is 1. The molecule has 0 aliphatic carbocycles. The van der Waals surface area contributed by atoms with Gasteiger partial charge in [0, 0.05) is 21.2 Å². The summed E-state index contributed by atoms with van der Waals surface area (Å²) in [5, 5.41) is 2.88. The lowest BCUT2D eigenvalue weighted by Gasteiger charge is -2.07. The largest absolute Gasteiger partial charge is 0.322 e. The molecule has 0 aliphatic heterocycles. The molecule has 0 unspecified atom stereocenters. The SMILES string of the molecule is O=C(Nc1cc(F)cc(F)c1)c1ccc(Cl)cc1Br. The summed E-state index contributed by atoms with van der Waals surface area (Å²) >= 11 is 8.96. The standard InChI is InChI=1S/C13H7BrClF2NO/c14-12-3-7(15)1-2-11(12)13(19)18-10-5-8(16)4-9(17)6-10/h1-6H,(H,18,19). The maximum atomic E-state index is 13.0. The Kier molecular flexibility index (Phi) is 4.17. The van der Waals surface area contributed by atoms with E-state index < -0.39 is 17.5 Å². The molecule has 0 atom stereocenters. The summed E-state index contributed by atoms with van der Waals surface area (Å²) in [6.45, 7) is 0. The Morgan fingerprint density at radius 2 is 1.74 bits per heavy atom. The van der Waals surface area contributed by atoms with E-state index >= 15 is 0 Å². The third-order valence-electron chi connectivity index (χ3n) is 2.30. The van der Waals surface area contributed by atoms with Gasteiger partial charge in [0.2, 0.25) is 0 Å². The molecule has 2 nitrogen and oxygen atoms in total. The molecule has 0 heterocycles. The van der Waals surface area contributed by atoms with Crippen LogP contribution < -0.4 is 5.32 Å². The molecule has 19 heavy (non-hydrogen) atoms. The molecule has 2 aromatic rings. The van der Waals surface area contributed by atoms with Gasteiger partial charge >= 0.3 is 0 Å². The van der Waals surface area contributed by atoms with Gasteiger partial charge in [-0.25, -0.2) is 8.78 Å². The van der Waals surface area contributed by atoms with Crippen LogP contribution in [0, 0.1) is 11.6 Å². The highest BCUT2D eigenvalue weighted by atomic mass is 79.9. The molecule has 0 fully saturated rings. The first-order valence-electron chi connectivity index (χ1n) is 5.18. The lowest BCUT2D eigenvalue weighted by molar-refractivity contribution is 0.102. The molecule has 6 heteroatoms. The topological polar surface area (TPSA) is 29.1 Å². The average molecular weight is 347 g/mol. The van der Waals surface area contributed by atoms with Crippen LogP contribution in [0.15, 0.2) is 40.9 Å². The number of hydrogen-bond acceptors (Lipinski definition) is 1. The first kappa shape index (κ1) is 14.0. The number of halogens is 4. The van der Waals surface area contributed by atoms with Crippen LogP contribution in [0.25, 0.3) is 0 Å². The summed E-state index contributed by atoms with van der Waals surface area (Å²) in [7, 11) is 0. The smallest absolute Gasteiger partial charge is 0.256 e. The van der Waals surface area contributed by atoms with Crippen LogP contribution >= 0.6 is 27.5 Å². The van der Waals surface area contributed by atoms with E-state index in [9.17, 15) is 13.6 Å². The van der Waals surface area contributed by atoms with Crippen molar-refractivity contribution < 1.29 is 13.6 Å². The van der Waals surface area contributed by atoms with Crippen molar-refractivity contribution in [3.8, 4) is 0 Å². The molecule has 0 aromatic heterocycles. The molecule has 0 saturated carbocycles. The molecule has 2 rings (SSSR count). The molecule has 1 N–H and O–H groups in total. The van der Waals surface area contributed by atoms with E-state index in [1.807, 2.05) is 0 Å². The van der Waals surface area contributed by atoms with Gasteiger partial charge in [0.25, 0.3) is 5.91 Å². The molecule has 1 amide bonds. The Balaban J connectivity index is 2.25. The van der Waals surface area contributed by atoms with Crippen LogP contribution in [-0.2, 0) is 0 Å². The summed E-state index contributed by atoms with van der Waals surface area (Å²) in [4.78, 5) is 11.9. The summed E-state index contributed by atoms with van der Waals surface area (Å²) < 4.78 is 26.5. The van der Waals surface area contributed by atoms with Crippen molar-refractivity contribution in [3.63, 3.8) is 0 Å². The molecule has 0 radical (unpaired) electrons. The highest BCUT2D eigenvalue weighted by Crippen LogP contribution is 2.23. The van der Waals surface area contributed by atoms with E-state index in [4.69, 9.17) is 11.6 Å². The molecule has 2 aromatic carbocycles. The summed E-state index contributed by atoms with van der Waals surface area (Å²) in [5.41, 5.74) is 0.360. The Morgan fingerprint density at radius 1 is 1.11 bits per heavy atom. The molecular weight excluding hydrogens is 340 g/mol. The van der Waals surface area contributed by atoms with Gasteiger partial charge in [0.1, 0.15) is 11.6 Å². The monoisotopic (exact) mass is 345 g/mol. The van der Waals surface area contributed by atoms with Crippen LogP contribution in [0.4, 0.5) is 14.5 Å². The van der Waals surface area contributed by atoms with Gasteiger partial charge in [-0.05, 0) is 46.3 Å². The van der Waals surface area contributed by atoms with E-state index in [2.05, 4.69) is 21.2 Å². The van der Waals surface area contributed by atoms with Crippen LogP contribution in [0.5, 0.6) is 0 Å². The molecule has 0 aliphatic rings. The predicted molar refractivity (Wildman–Crippen MR) is 73.5 cm³/mol. The second-order valence-corrected chi connectivity index (χ2v) is 5.03. The van der Waals surface area contributed by atoms with Crippen molar-refractivity contribution in [2.75, 3.05) is 5.32 Å². The van der Waals surface area contributed by atoms with E-state index in [1.54, 1.807) is 12.1 Å². The Labute approximate surface area is 121 Å². The number of nitrogens with one attached hydrogen (secondary N) is 1. The van der Waals surface area contributed by atoms with Crippen molar-refractivity contribution in [3.05, 3.63) is 63.1 Å². The van der Waals surface area contributed by atoms with Crippen molar-refractivity contribution in [1.29, 1.82) is 0 Å². The second kappa shape index (κ2) is 5.67. The first-order chi connectivity index (χ1) is 8.95. The zero-order valence-electron chi connectivity index (χ0n) is 9.38. The van der Waals surface area contributed by atoms with E-state index in [0.717, 1.165) is 18.2 Å². The highest BCUT2D eigenvalue weighted by Gasteiger charge is 2.11. The number of anilines is 1. The van der Waals surface area contributed by atoms with Crippen molar-refractivity contribution in [2.45, 2.75) is 0 Å². The Bertz CT molecular complexity index is 628. The third-order valence-corrected chi connectivity index (χ3v) is 3.19. The van der Waals surface area contributed by atoms with Crippen molar-refractivity contribution in [2.24, 2.45) is 0 Å². The van der Waals surface area contributed by atoms with Gasteiger partial charge in [-0.3, -0.25) is 4.79 Å². The quantitative estimate of drug-likeness (QED) is 0.844. The minimum absolute atomic E-state index is 0.0457. The van der Waals surface area contributed by atoms with Gasteiger partial charge in [-0.1, -0.05) is 11.6 Å². The molecule has 98 valence electrons. The molecular formula is C13H7BrClF2NO. The summed E-state index contributed by atoms with van der Waals surface area (Å²) in [5.74, 6) is -2.01. The average Bonchev–Trinajstić information content (AvgIpc) is 2.26. The van der Waals surface area contributed by atoms with E-state index in [0.29, 0.717) is 15.1 Å². The highest BCUT2D eigenvalue weighted by molar-refractivity contribution is 9.10. The van der Waals surface area contributed by atoms with Gasteiger partial charge in [-0.2, -0.15) is 0 Å². The van der Waals surface area contributed by atoms with Gasteiger partial charge in [0.15, 0.2) is 0 Å². The Hall–Kier alpha value is -1.46. The fraction of sp³-hybridized carbons (Fsp3) is 0. The summed E-state index contributed by atoms with van der Waals surface area (Å²) in [6, 6.07) is 7.41. The number of carbonyl (C=O) groups is 1. The number of rotatable bonds is 2. The number of amides is 1. The Morgan fingerprint density at radius 3 is 2.32 bits per heavy atom. The van der Waals surface area contributed by atoms with Crippen LogP contribution in [0.3, 0.4) is 0 Å². The second-order valence-electron chi connectivity index (χ2n) is 3.74. The van der Waals surface area contributed by atoms with Crippen LogP contribution in [0.1, 0.15) is 10.4 Å². The zero-order valence-corrected chi connectivity index (χ0v) is 11.7. The lowest BCUT2D eigenvalue weighted by atomic mass is 10.2. The van der Waals surface area contributed by atoms with Crippen LogP contribution in [0.2, 0.25) is 5.02 Å².